The van der Waals surface area contributed by atoms with Crippen molar-refractivity contribution in [3.8, 4) is 0 Å². The van der Waals surface area contributed by atoms with Crippen LogP contribution in [-0.2, 0) is 0 Å². The highest BCUT2D eigenvalue weighted by Gasteiger charge is 2.77. The Bertz CT molecular complexity index is 1010. The second kappa shape index (κ2) is 3.36. The van der Waals surface area contributed by atoms with E-state index in [1.54, 1.807) is 11.4 Å². The molecule has 0 fully saturated rings. The number of allylic oxidation sites excluding steroid dienone is 8. The maximum Gasteiger partial charge on any atom is 0.551 e. The van der Waals surface area contributed by atoms with Gasteiger partial charge in [0.2, 0.25) is 11.4 Å². The van der Waals surface area contributed by atoms with Crippen LogP contribution in [0.15, 0.2) is 70.6 Å². The van der Waals surface area contributed by atoms with E-state index >= 15 is 0 Å². The minimum atomic E-state index is -0.245. The van der Waals surface area contributed by atoms with Crippen LogP contribution in [0.1, 0.15) is 38.5 Å². The van der Waals surface area contributed by atoms with Gasteiger partial charge in [-0.25, -0.2) is 9.80 Å². The molecule has 8 heterocycles. The van der Waals surface area contributed by atoms with Gasteiger partial charge in [0, 0.05) is 47.8 Å². The molecule has 0 aromatic rings. The van der Waals surface area contributed by atoms with Gasteiger partial charge in [0.1, 0.15) is 0 Å². The van der Waals surface area contributed by atoms with E-state index in [0.29, 0.717) is 0 Å². The Balaban J connectivity index is 1.62. The topological polar surface area (TPSA) is 12.5 Å². The lowest BCUT2D eigenvalue weighted by molar-refractivity contribution is -0.846. The average Bonchev–Trinajstić information content (AvgIpc) is 3.38. The summed E-state index contributed by atoms with van der Waals surface area (Å²) >= 11 is 0. The van der Waals surface area contributed by atoms with Crippen LogP contribution < -0.4 is 0 Å². The van der Waals surface area contributed by atoms with Crippen LogP contribution in [0, 0.1) is 0 Å². The molecule has 0 aliphatic carbocycles. The molecule has 0 saturated carbocycles. The summed E-state index contributed by atoms with van der Waals surface area (Å²) in [6.45, 7) is 0. The first-order valence-electron chi connectivity index (χ1n) is 9.45. The van der Waals surface area contributed by atoms with Crippen LogP contribution in [0.5, 0.6) is 0 Å². The molecule has 0 saturated heterocycles. The third kappa shape index (κ3) is 1.01. The largest absolute Gasteiger partial charge is 0.551 e. The van der Waals surface area contributed by atoms with Gasteiger partial charge in [0.25, 0.3) is 0 Å². The molecule has 0 atom stereocenters. The number of hydrogen-bond acceptors (Lipinski definition) is 2. The Morgan fingerprint density at radius 3 is 1.68 bits per heavy atom. The fourth-order valence-electron chi connectivity index (χ4n) is 6.35. The molecule has 1 spiro atoms. The first-order chi connectivity index (χ1) is 12.4. The standard InChI is InChI=1S/C21H18N4/c1-2-14-10-16-5-6-18-12-20-8-7-19-11-17-4-3-15-9-13(1)22(14)21(23(15)17,24(16)18)25(19)20/h1,4-5,8-9,12H,2-3,6-7,10-11H2/q+2. The third-order valence-corrected chi connectivity index (χ3v) is 7.08. The molecular weight excluding hydrogens is 308 g/mol. The molecule has 4 heteroatoms. The van der Waals surface area contributed by atoms with E-state index in [4.69, 9.17) is 0 Å². The molecule has 0 N–H and O–H groups in total. The highest BCUT2D eigenvalue weighted by molar-refractivity contribution is 5.89. The Kier molecular flexibility index (Phi) is 1.59. The van der Waals surface area contributed by atoms with Gasteiger partial charge in [-0.3, -0.25) is 0 Å². The maximum atomic E-state index is 2.67. The van der Waals surface area contributed by atoms with Crippen molar-refractivity contribution in [2.24, 2.45) is 0 Å². The van der Waals surface area contributed by atoms with E-state index in [2.05, 4.69) is 55.4 Å². The van der Waals surface area contributed by atoms with Crippen LogP contribution in [-0.4, -0.2) is 36.3 Å². The molecule has 0 aromatic carbocycles. The van der Waals surface area contributed by atoms with Gasteiger partial charge in [0.15, 0.2) is 11.4 Å². The lowest BCUT2D eigenvalue weighted by atomic mass is 10.0. The SMILES string of the molecule is C1=C2CC=C3CC4=[N+]5C(=CC4)C=C4CC=C6CC7=[N+](C1=CC7)C5(N46)N23. The smallest absolute Gasteiger partial charge is 0.207 e. The zero-order valence-corrected chi connectivity index (χ0v) is 14.0. The molecule has 8 aliphatic rings. The normalized spacial score (nSPS) is 30.7. The molecular formula is C21H18N4+2. The lowest BCUT2D eigenvalue weighted by Crippen LogP contribution is -2.75. The van der Waals surface area contributed by atoms with Crippen molar-refractivity contribution in [2.45, 2.75) is 44.4 Å². The van der Waals surface area contributed by atoms with Crippen molar-refractivity contribution in [2.75, 3.05) is 0 Å². The van der Waals surface area contributed by atoms with Crippen molar-refractivity contribution in [1.82, 2.24) is 9.80 Å². The minimum absolute atomic E-state index is 0.245. The molecule has 0 radical (unpaired) electrons. The maximum absolute atomic E-state index is 2.67. The van der Waals surface area contributed by atoms with Crippen LogP contribution >= 0.6 is 0 Å². The van der Waals surface area contributed by atoms with Gasteiger partial charge in [-0.15, -0.1) is 0 Å². The zero-order chi connectivity index (χ0) is 15.9. The number of nitrogens with zero attached hydrogens (tertiary/aromatic N) is 4. The molecule has 0 bridgehead atoms. The van der Waals surface area contributed by atoms with E-state index in [1.807, 2.05) is 0 Å². The number of hydrogen-bond donors (Lipinski definition) is 0. The van der Waals surface area contributed by atoms with Crippen molar-refractivity contribution < 1.29 is 9.15 Å². The van der Waals surface area contributed by atoms with E-state index < -0.39 is 0 Å². The van der Waals surface area contributed by atoms with E-state index in [-0.39, 0.29) is 5.91 Å². The Morgan fingerprint density at radius 2 is 1.16 bits per heavy atom. The minimum Gasteiger partial charge on any atom is -0.207 e. The fraction of sp³-hybridized carbons (Fsp3) is 0.333. The summed E-state index contributed by atoms with van der Waals surface area (Å²) < 4.78 is 5.34. The summed E-state index contributed by atoms with van der Waals surface area (Å²) in [5.41, 5.74) is 11.9. The van der Waals surface area contributed by atoms with Gasteiger partial charge in [0.05, 0.1) is 25.7 Å². The second-order valence-corrected chi connectivity index (χ2v) is 8.16. The highest BCUT2D eigenvalue weighted by atomic mass is 15.7. The Hall–Kier alpha value is -2.62. The van der Waals surface area contributed by atoms with Crippen LogP contribution in [0.3, 0.4) is 0 Å². The monoisotopic (exact) mass is 326 g/mol. The van der Waals surface area contributed by atoms with Crippen molar-refractivity contribution >= 4 is 11.4 Å². The van der Waals surface area contributed by atoms with Gasteiger partial charge < -0.3 is 0 Å². The van der Waals surface area contributed by atoms with Crippen LogP contribution in [0.25, 0.3) is 0 Å². The zero-order valence-electron chi connectivity index (χ0n) is 14.0. The van der Waals surface area contributed by atoms with Crippen molar-refractivity contribution in [3.63, 3.8) is 0 Å². The molecule has 0 amide bonds. The summed E-state index contributed by atoms with van der Waals surface area (Å²) in [5, 5.41) is 0. The van der Waals surface area contributed by atoms with Crippen LogP contribution in [0.2, 0.25) is 0 Å². The molecule has 4 nitrogen and oxygen atoms in total. The van der Waals surface area contributed by atoms with Crippen molar-refractivity contribution in [1.29, 1.82) is 0 Å². The first kappa shape index (κ1) is 11.9. The van der Waals surface area contributed by atoms with Crippen LogP contribution in [0.4, 0.5) is 0 Å². The van der Waals surface area contributed by atoms with E-state index in [9.17, 15) is 0 Å². The molecule has 8 rings (SSSR count). The Labute approximate surface area is 146 Å². The summed E-state index contributed by atoms with van der Waals surface area (Å²) in [6.07, 6.45) is 21.2. The second-order valence-electron chi connectivity index (χ2n) is 8.16. The lowest BCUT2D eigenvalue weighted by Gasteiger charge is -2.49. The van der Waals surface area contributed by atoms with Gasteiger partial charge in [-0.05, 0) is 12.2 Å². The van der Waals surface area contributed by atoms with Gasteiger partial charge in [-0.2, -0.15) is 0 Å². The van der Waals surface area contributed by atoms with Gasteiger partial charge >= 0.3 is 5.91 Å². The third-order valence-electron chi connectivity index (χ3n) is 7.08. The summed E-state index contributed by atoms with van der Waals surface area (Å²) in [6, 6.07) is 0. The molecule has 120 valence electrons. The van der Waals surface area contributed by atoms with E-state index in [1.165, 1.54) is 34.2 Å². The molecule has 8 aliphatic heterocycles. The van der Waals surface area contributed by atoms with Gasteiger partial charge in [-0.1, -0.05) is 21.3 Å². The quantitative estimate of drug-likeness (QED) is 0.635. The summed E-state index contributed by atoms with van der Waals surface area (Å²) in [5.74, 6) is -0.245. The first-order valence-corrected chi connectivity index (χ1v) is 9.45. The summed E-state index contributed by atoms with van der Waals surface area (Å²) in [7, 11) is 0. The Morgan fingerprint density at radius 1 is 0.640 bits per heavy atom. The predicted octanol–water partition coefficient (Wildman–Crippen LogP) is 2.86. The number of rotatable bonds is 0. The molecule has 25 heavy (non-hydrogen) atoms. The van der Waals surface area contributed by atoms with E-state index in [0.717, 1.165) is 38.5 Å². The highest BCUT2D eigenvalue weighted by Crippen LogP contribution is 2.56. The molecule has 0 aromatic heterocycles. The average molecular weight is 326 g/mol. The predicted molar refractivity (Wildman–Crippen MR) is 93.1 cm³/mol. The molecule has 0 unspecified atom stereocenters. The van der Waals surface area contributed by atoms with Crippen molar-refractivity contribution in [3.05, 3.63) is 70.6 Å². The fourth-order valence-corrected chi connectivity index (χ4v) is 6.35. The summed E-state index contributed by atoms with van der Waals surface area (Å²) in [4.78, 5) is 5.34.